The fourth-order valence-electron chi connectivity index (χ4n) is 4.83. The van der Waals surface area contributed by atoms with Gasteiger partial charge in [-0.1, -0.05) is 11.6 Å². The smallest absolute Gasteiger partial charge is 0.261 e. The zero-order valence-electron chi connectivity index (χ0n) is 19.5. The number of hydrogen-bond acceptors (Lipinski definition) is 5. The van der Waals surface area contributed by atoms with Crippen LogP contribution in [-0.2, 0) is 11.8 Å². The zero-order valence-corrected chi connectivity index (χ0v) is 20.3. The molecule has 0 bridgehead atoms. The molecule has 0 amide bonds. The molecule has 1 aromatic carbocycles. The van der Waals surface area contributed by atoms with E-state index < -0.39 is 5.82 Å². The second-order valence-corrected chi connectivity index (χ2v) is 9.94. The summed E-state index contributed by atoms with van der Waals surface area (Å²) in [5, 5.41) is 5.23. The molecule has 2 atom stereocenters. The molecule has 2 fully saturated rings. The summed E-state index contributed by atoms with van der Waals surface area (Å²) < 4.78 is 24.6. The van der Waals surface area contributed by atoms with Gasteiger partial charge in [-0.3, -0.25) is 19.0 Å². The van der Waals surface area contributed by atoms with Crippen LogP contribution in [-0.4, -0.2) is 30.9 Å². The van der Waals surface area contributed by atoms with Gasteiger partial charge in [0, 0.05) is 47.6 Å². The number of rotatable bonds is 4. The predicted molar refractivity (Wildman–Crippen MR) is 131 cm³/mol. The van der Waals surface area contributed by atoms with Crippen LogP contribution < -0.4 is 5.56 Å². The molecule has 180 valence electrons. The number of pyridine rings is 1. The second-order valence-electron chi connectivity index (χ2n) is 9.50. The van der Waals surface area contributed by atoms with Gasteiger partial charge in [0.1, 0.15) is 17.2 Å². The lowest BCUT2D eigenvalue weighted by molar-refractivity contribution is 0.00463. The first-order chi connectivity index (χ1) is 16.9. The van der Waals surface area contributed by atoms with E-state index >= 15 is 4.39 Å². The van der Waals surface area contributed by atoms with E-state index in [-0.39, 0.29) is 23.1 Å². The monoisotopic (exact) mass is 493 g/mol. The van der Waals surface area contributed by atoms with E-state index in [1.165, 1.54) is 23.5 Å². The van der Waals surface area contributed by atoms with Crippen molar-refractivity contribution >= 4 is 22.5 Å². The molecule has 1 saturated carbocycles. The molecule has 1 aliphatic carbocycles. The van der Waals surface area contributed by atoms with Crippen LogP contribution in [0, 0.1) is 12.7 Å². The Morgan fingerprint density at radius 1 is 1.17 bits per heavy atom. The van der Waals surface area contributed by atoms with E-state index in [2.05, 4.69) is 16.3 Å². The van der Waals surface area contributed by atoms with Crippen molar-refractivity contribution in [2.24, 2.45) is 7.05 Å². The van der Waals surface area contributed by atoms with Gasteiger partial charge in [-0.25, -0.2) is 9.37 Å². The van der Waals surface area contributed by atoms with E-state index in [0.717, 1.165) is 17.7 Å². The lowest BCUT2D eigenvalue weighted by Crippen LogP contribution is -2.23. The van der Waals surface area contributed by atoms with Gasteiger partial charge >= 0.3 is 0 Å². The third kappa shape index (κ3) is 4.04. The van der Waals surface area contributed by atoms with Crippen LogP contribution in [0.1, 0.15) is 60.8 Å². The summed E-state index contributed by atoms with van der Waals surface area (Å²) in [5.41, 5.74) is 2.64. The summed E-state index contributed by atoms with van der Waals surface area (Å²) in [7, 11) is 1.69. The molecule has 0 N–H and O–H groups in total. The van der Waals surface area contributed by atoms with Crippen LogP contribution in [0.2, 0.25) is 5.02 Å². The number of ether oxygens (including phenoxy) is 1. The van der Waals surface area contributed by atoms with Gasteiger partial charge in [0.05, 0.1) is 29.4 Å². The first kappa shape index (κ1) is 22.4. The maximum absolute atomic E-state index is 15.0. The van der Waals surface area contributed by atoms with Crippen LogP contribution in [0.5, 0.6) is 0 Å². The first-order valence-corrected chi connectivity index (χ1v) is 12.3. The Hall–Kier alpha value is -3.10. The molecule has 4 heterocycles. The highest BCUT2D eigenvalue weighted by molar-refractivity contribution is 6.30. The van der Waals surface area contributed by atoms with E-state index in [1.54, 1.807) is 26.1 Å². The molecule has 0 radical (unpaired) electrons. The maximum atomic E-state index is 15.0. The quantitative estimate of drug-likeness (QED) is 0.387. The third-order valence-corrected chi connectivity index (χ3v) is 7.34. The molecule has 2 unspecified atom stereocenters. The van der Waals surface area contributed by atoms with Gasteiger partial charge < -0.3 is 4.74 Å². The van der Waals surface area contributed by atoms with Crippen LogP contribution in [0.3, 0.4) is 0 Å². The lowest BCUT2D eigenvalue weighted by Gasteiger charge is -2.29. The molecule has 3 aromatic heterocycles. The third-order valence-electron chi connectivity index (χ3n) is 7.11. The summed E-state index contributed by atoms with van der Waals surface area (Å²) in [6.45, 7) is 2.32. The summed E-state index contributed by atoms with van der Waals surface area (Å²) in [6, 6.07) is 6.80. The molecule has 6 rings (SSSR count). The highest BCUT2D eigenvalue weighted by atomic mass is 35.5. The Morgan fingerprint density at radius 3 is 2.77 bits per heavy atom. The van der Waals surface area contributed by atoms with Crippen molar-refractivity contribution in [1.29, 1.82) is 0 Å². The normalized spacial score (nSPS) is 20.5. The molecule has 2 aliphatic rings. The van der Waals surface area contributed by atoms with E-state index in [0.29, 0.717) is 46.5 Å². The second kappa shape index (κ2) is 8.53. The highest BCUT2D eigenvalue weighted by Gasteiger charge is 2.30. The molecule has 0 spiro atoms. The number of fused-ring (bicyclic) bond motifs is 1. The van der Waals surface area contributed by atoms with E-state index in [1.807, 2.05) is 16.9 Å². The molecular weight excluding hydrogens is 469 g/mol. The van der Waals surface area contributed by atoms with Gasteiger partial charge in [-0.2, -0.15) is 5.10 Å². The Kier molecular flexibility index (Phi) is 5.45. The molecular formula is C26H25ClFN5O2. The number of hydrogen-bond donors (Lipinski definition) is 0. The SMILES string of the molecule is Cc1nc2c(-c3ccc(Cl)cc3F)nc(C3CCOC(c4cnn(C5CC5)c4)C3)cc2c(=O)n1C. The molecule has 7 nitrogen and oxygen atoms in total. The van der Waals surface area contributed by atoms with Crippen molar-refractivity contribution in [2.45, 2.75) is 50.7 Å². The lowest BCUT2D eigenvalue weighted by atomic mass is 9.89. The van der Waals surface area contributed by atoms with Gasteiger partial charge in [-0.05, 0) is 56.9 Å². The van der Waals surface area contributed by atoms with E-state index in [4.69, 9.17) is 21.3 Å². The molecule has 9 heteroatoms. The van der Waals surface area contributed by atoms with Crippen LogP contribution in [0.4, 0.5) is 4.39 Å². The standard InChI is InChI=1S/C26H25ClFN5O2/c1-14-30-25-20(26(34)32(14)2)11-22(31-24(25)19-6-3-17(27)10-21(19)28)15-7-8-35-23(9-15)16-12-29-33(13-16)18-4-5-18/h3,6,10-13,15,18,23H,4-5,7-9H2,1-2H3. The zero-order chi connectivity index (χ0) is 24.3. The van der Waals surface area contributed by atoms with Gasteiger partial charge in [0.25, 0.3) is 5.56 Å². The minimum atomic E-state index is -0.499. The van der Waals surface area contributed by atoms with Crippen molar-refractivity contribution in [1.82, 2.24) is 24.3 Å². The largest absolute Gasteiger partial charge is 0.373 e. The van der Waals surface area contributed by atoms with Crippen LogP contribution in [0.25, 0.3) is 22.2 Å². The number of benzene rings is 1. The number of nitrogens with zero attached hydrogens (tertiary/aromatic N) is 5. The van der Waals surface area contributed by atoms with Crippen molar-refractivity contribution in [3.63, 3.8) is 0 Å². The summed E-state index contributed by atoms with van der Waals surface area (Å²) in [5.74, 6) is 0.0787. The topological polar surface area (TPSA) is 74.8 Å². The van der Waals surface area contributed by atoms with Crippen molar-refractivity contribution in [3.8, 4) is 11.3 Å². The van der Waals surface area contributed by atoms with Crippen molar-refractivity contribution in [2.75, 3.05) is 6.61 Å². The van der Waals surface area contributed by atoms with Crippen LogP contribution in [0.15, 0.2) is 41.5 Å². The summed E-state index contributed by atoms with van der Waals surface area (Å²) in [4.78, 5) is 22.7. The fourth-order valence-corrected chi connectivity index (χ4v) is 4.99. The highest BCUT2D eigenvalue weighted by Crippen LogP contribution is 2.40. The summed E-state index contributed by atoms with van der Waals surface area (Å²) in [6.07, 6.45) is 7.66. The minimum absolute atomic E-state index is 0.0440. The fraction of sp³-hybridized carbons (Fsp3) is 0.385. The Labute approximate surface area is 206 Å². The van der Waals surface area contributed by atoms with Crippen LogP contribution >= 0.6 is 11.6 Å². The Morgan fingerprint density at radius 2 is 2.00 bits per heavy atom. The first-order valence-electron chi connectivity index (χ1n) is 11.9. The van der Waals surface area contributed by atoms with Crippen molar-refractivity contribution in [3.05, 3.63) is 74.9 Å². The minimum Gasteiger partial charge on any atom is -0.373 e. The number of aromatic nitrogens is 5. The van der Waals surface area contributed by atoms with E-state index in [9.17, 15) is 4.79 Å². The predicted octanol–water partition coefficient (Wildman–Crippen LogP) is 5.26. The maximum Gasteiger partial charge on any atom is 0.261 e. The van der Waals surface area contributed by atoms with Gasteiger partial charge in [-0.15, -0.1) is 0 Å². The molecule has 1 saturated heterocycles. The molecule has 4 aromatic rings. The average molecular weight is 494 g/mol. The number of aryl methyl sites for hydroxylation is 1. The summed E-state index contributed by atoms with van der Waals surface area (Å²) >= 11 is 6.00. The molecule has 35 heavy (non-hydrogen) atoms. The van der Waals surface area contributed by atoms with Gasteiger partial charge in [0.15, 0.2) is 0 Å². The Bertz CT molecular complexity index is 1510. The Balaban J connectivity index is 1.45. The van der Waals surface area contributed by atoms with Crippen molar-refractivity contribution < 1.29 is 9.13 Å². The number of halogens is 2. The van der Waals surface area contributed by atoms with Gasteiger partial charge in [0.2, 0.25) is 0 Å². The molecule has 1 aliphatic heterocycles. The average Bonchev–Trinajstić information content (AvgIpc) is 3.59.